The summed E-state index contributed by atoms with van der Waals surface area (Å²) in [7, 11) is 0. The third-order valence-electron chi connectivity index (χ3n) is 5.62. The second kappa shape index (κ2) is 10.9. The molecule has 0 spiro atoms. The van der Waals surface area contributed by atoms with Crippen molar-refractivity contribution in [3.8, 4) is 0 Å². The number of unbranched alkanes of at least 4 members (excludes halogenated alkanes) is 1. The van der Waals surface area contributed by atoms with Crippen LogP contribution < -0.4 is 5.32 Å². The number of nitrogens with one attached hydrogen (secondary N) is 1. The van der Waals surface area contributed by atoms with Crippen LogP contribution in [0.4, 0.5) is 4.39 Å². The summed E-state index contributed by atoms with van der Waals surface area (Å²) in [5.41, 5.74) is 1.07. The molecule has 0 saturated carbocycles. The van der Waals surface area contributed by atoms with Crippen molar-refractivity contribution in [1.29, 1.82) is 0 Å². The van der Waals surface area contributed by atoms with Crippen molar-refractivity contribution >= 4 is 40.8 Å². The van der Waals surface area contributed by atoms with E-state index < -0.39 is 23.5 Å². The molecule has 2 amide bonds. The van der Waals surface area contributed by atoms with Gasteiger partial charge in [-0.2, -0.15) is 0 Å². The van der Waals surface area contributed by atoms with Crippen LogP contribution in [-0.2, 0) is 20.8 Å². The molecule has 2 atom stereocenters. The highest BCUT2D eigenvalue weighted by atomic mass is 35.5. The van der Waals surface area contributed by atoms with Crippen molar-refractivity contribution in [1.82, 2.24) is 10.2 Å². The van der Waals surface area contributed by atoms with E-state index in [-0.39, 0.29) is 18.3 Å². The van der Waals surface area contributed by atoms with Gasteiger partial charge in [0, 0.05) is 19.6 Å². The third-order valence-corrected chi connectivity index (χ3v) is 6.36. The molecule has 166 valence electrons. The quantitative estimate of drug-likeness (QED) is 0.335. The summed E-state index contributed by atoms with van der Waals surface area (Å²) in [4.78, 5) is 38.3. The van der Waals surface area contributed by atoms with E-state index in [0.29, 0.717) is 36.0 Å². The van der Waals surface area contributed by atoms with Crippen molar-refractivity contribution in [3.63, 3.8) is 0 Å². The summed E-state index contributed by atoms with van der Waals surface area (Å²) >= 11 is 11.9. The van der Waals surface area contributed by atoms with Gasteiger partial charge < -0.3 is 10.2 Å². The van der Waals surface area contributed by atoms with Crippen LogP contribution in [0, 0.1) is 11.8 Å². The molecule has 1 aliphatic carbocycles. The minimum atomic E-state index is -0.957. The first-order chi connectivity index (χ1) is 14.8. The maximum absolute atomic E-state index is 13.0. The van der Waals surface area contributed by atoms with Crippen LogP contribution in [0.3, 0.4) is 0 Å². The van der Waals surface area contributed by atoms with Crippen LogP contribution in [0.25, 0.3) is 0 Å². The van der Waals surface area contributed by atoms with E-state index in [2.05, 4.69) is 5.32 Å². The zero-order chi connectivity index (χ0) is 22.4. The first-order valence-electron chi connectivity index (χ1n) is 10.4. The highest BCUT2D eigenvalue weighted by Gasteiger charge is 2.42. The van der Waals surface area contributed by atoms with Crippen LogP contribution in [0.2, 0.25) is 10.0 Å². The average molecular weight is 467 g/mol. The normalized spacial score (nSPS) is 20.9. The Morgan fingerprint density at radius 1 is 1.19 bits per heavy atom. The van der Waals surface area contributed by atoms with Crippen LogP contribution in [0.15, 0.2) is 42.3 Å². The molecule has 0 aromatic heterocycles. The van der Waals surface area contributed by atoms with Gasteiger partial charge in [0.2, 0.25) is 11.7 Å². The molecule has 2 unspecified atom stereocenters. The second-order valence-corrected chi connectivity index (χ2v) is 8.71. The number of hydrogen-bond acceptors (Lipinski definition) is 3. The lowest BCUT2D eigenvalue weighted by molar-refractivity contribution is -0.142. The summed E-state index contributed by atoms with van der Waals surface area (Å²) in [6.45, 7) is 0.915. The number of ketones is 1. The minimum Gasteiger partial charge on any atom is -0.355 e. The lowest BCUT2D eigenvalue weighted by atomic mass is 9.97. The molecule has 8 heteroatoms. The number of Topliss-reactive ketones (excluding diaryl/α,β-unsaturated/α-hetero) is 1. The topological polar surface area (TPSA) is 66.5 Å². The van der Waals surface area contributed by atoms with Gasteiger partial charge in [-0.05, 0) is 67.9 Å². The van der Waals surface area contributed by atoms with E-state index in [1.54, 1.807) is 12.1 Å². The Balaban J connectivity index is 1.37. The summed E-state index contributed by atoms with van der Waals surface area (Å²) in [5.74, 6) is -2.75. The maximum atomic E-state index is 13.0. The number of hydrogen-bond donors (Lipinski definition) is 1. The van der Waals surface area contributed by atoms with Crippen molar-refractivity contribution in [2.75, 3.05) is 19.6 Å². The maximum Gasteiger partial charge on any atom is 0.290 e. The number of nitrogens with zero attached hydrogens (tertiary/aromatic N) is 1. The Morgan fingerprint density at radius 2 is 2.00 bits per heavy atom. The largest absolute Gasteiger partial charge is 0.355 e. The Bertz CT molecular complexity index is 916. The first-order valence-corrected chi connectivity index (χ1v) is 11.2. The van der Waals surface area contributed by atoms with Gasteiger partial charge in [-0.3, -0.25) is 14.4 Å². The van der Waals surface area contributed by atoms with E-state index >= 15 is 0 Å². The zero-order valence-corrected chi connectivity index (χ0v) is 18.6. The van der Waals surface area contributed by atoms with Crippen LogP contribution in [0.5, 0.6) is 0 Å². The van der Waals surface area contributed by atoms with Gasteiger partial charge in [0.15, 0.2) is 0 Å². The van der Waals surface area contributed by atoms with E-state index in [1.165, 1.54) is 17.1 Å². The number of benzene rings is 1. The number of aryl methyl sites for hydroxylation is 1. The summed E-state index contributed by atoms with van der Waals surface area (Å²) < 4.78 is 13.0. The summed E-state index contributed by atoms with van der Waals surface area (Å²) in [5, 5.41) is 3.80. The average Bonchev–Trinajstić information content (AvgIpc) is 3.04. The van der Waals surface area contributed by atoms with Gasteiger partial charge in [0.25, 0.3) is 5.91 Å². The number of allylic oxidation sites excluding steroid dienone is 4. The smallest absolute Gasteiger partial charge is 0.290 e. The van der Waals surface area contributed by atoms with Gasteiger partial charge in [0.05, 0.1) is 10.0 Å². The summed E-state index contributed by atoms with van der Waals surface area (Å²) in [6.07, 6.45) is 8.29. The fourth-order valence-electron chi connectivity index (χ4n) is 3.74. The summed E-state index contributed by atoms with van der Waals surface area (Å²) in [6, 6.07) is 5.50. The molecule has 1 aliphatic heterocycles. The lowest BCUT2D eigenvalue weighted by Gasteiger charge is -2.19. The highest BCUT2D eigenvalue weighted by Crippen LogP contribution is 2.24. The van der Waals surface area contributed by atoms with Crippen molar-refractivity contribution in [3.05, 3.63) is 57.9 Å². The standard InChI is InChI=1S/C23H25Cl2FN2O3/c24-19-9-6-16(13-20(19)25)3-1-2-11-27-22(30)18-14-28(23(31)21(18)29)12-10-15-4-7-17(26)8-5-15/h4,6-9,13,15,18H,1-3,5,10-12,14H2,(H,27,30). The zero-order valence-electron chi connectivity index (χ0n) is 17.1. The minimum absolute atomic E-state index is 0.105. The number of rotatable bonds is 9. The van der Waals surface area contributed by atoms with Crippen molar-refractivity contribution in [2.45, 2.75) is 32.1 Å². The molecule has 1 aromatic rings. The van der Waals surface area contributed by atoms with Gasteiger partial charge in [0.1, 0.15) is 11.7 Å². The molecular formula is C23H25Cl2FN2O3. The van der Waals surface area contributed by atoms with Gasteiger partial charge >= 0.3 is 0 Å². The van der Waals surface area contributed by atoms with E-state index in [9.17, 15) is 18.8 Å². The third kappa shape index (κ3) is 6.40. The Hall–Kier alpha value is -2.18. The predicted octanol–water partition coefficient (Wildman–Crippen LogP) is 4.28. The molecule has 1 N–H and O–H groups in total. The van der Waals surface area contributed by atoms with Crippen molar-refractivity contribution < 1.29 is 18.8 Å². The molecule has 3 rings (SSSR count). The Kier molecular flexibility index (Phi) is 8.27. The molecule has 2 aliphatic rings. The fourth-order valence-corrected chi connectivity index (χ4v) is 4.06. The Labute approximate surface area is 191 Å². The monoisotopic (exact) mass is 466 g/mol. The molecule has 1 aromatic carbocycles. The van der Waals surface area contributed by atoms with Crippen molar-refractivity contribution in [2.24, 2.45) is 11.8 Å². The molecule has 0 radical (unpaired) electrons. The fraction of sp³-hybridized carbons (Fsp3) is 0.435. The SMILES string of the molecule is O=C(NCCCCc1ccc(Cl)c(Cl)c1)C1CN(CCC2C=CC(F)=CC2)C(=O)C1=O. The second-order valence-electron chi connectivity index (χ2n) is 7.90. The van der Waals surface area contributed by atoms with Gasteiger partial charge in [-0.25, -0.2) is 4.39 Å². The number of amides is 2. The van der Waals surface area contributed by atoms with Crippen LogP contribution in [-0.4, -0.2) is 42.1 Å². The Morgan fingerprint density at radius 3 is 2.71 bits per heavy atom. The number of carbonyl (C=O) groups is 3. The van der Waals surface area contributed by atoms with Gasteiger partial charge in [-0.15, -0.1) is 0 Å². The number of likely N-dealkylation sites (tertiary alicyclic amines) is 1. The molecule has 5 nitrogen and oxygen atoms in total. The molecule has 0 bridgehead atoms. The molecule has 1 fully saturated rings. The lowest BCUT2D eigenvalue weighted by Crippen LogP contribution is -2.36. The van der Waals surface area contributed by atoms with Crippen LogP contribution >= 0.6 is 23.2 Å². The molecule has 31 heavy (non-hydrogen) atoms. The first kappa shape index (κ1) is 23.5. The van der Waals surface area contributed by atoms with E-state index in [1.807, 2.05) is 12.1 Å². The molecule has 1 heterocycles. The molecular weight excluding hydrogens is 442 g/mol. The number of carbonyl (C=O) groups excluding carboxylic acids is 3. The van der Waals surface area contributed by atoms with Gasteiger partial charge in [-0.1, -0.05) is 35.3 Å². The van der Waals surface area contributed by atoms with Crippen LogP contribution in [0.1, 0.15) is 31.2 Å². The predicted molar refractivity (Wildman–Crippen MR) is 119 cm³/mol. The van der Waals surface area contributed by atoms with E-state index in [4.69, 9.17) is 23.2 Å². The number of halogens is 3. The molecule has 1 saturated heterocycles. The van der Waals surface area contributed by atoms with E-state index in [0.717, 1.165) is 24.8 Å². The highest BCUT2D eigenvalue weighted by molar-refractivity contribution is 6.42.